The molecule has 7 heteroatoms. The highest BCUT2D eigenvalue weighted by molar-refractivity contribution is 6.32. The second-order valence-electron chi connectivity index (χ2n) is 7.91. The van der Waals surface area contributed by atoms with Crippen LogP contribution in [-0.2, 0) is 11.3 Å². The Kier molecular flexibility index (Phi) is 7.91. The number of methoxy groups -OCH3 is 3. The van der Waals surface area contributed by atoms with Crippen LogP contribution in [0.5, 0.6) is 23.0 Å². The van der Waals surface area contributed by atoms with Crippen LogP contribution in [0.15, 0.2) is 36.4 Å². The van der Waals surface area contributed by atoms with Crippen LogP contribution < -0.4 is 18.9 Å². The maximum Gasteiger partial charge on any atom is 0.247 e. The minimum Gasteiger partial charge on any atom is -0.497 e. The monoisotopic (exact) mass is 459 g/mol. The fourth-order valence-corrected chi connectivity index (χ4v) is 3.68. The van der Waals surface area contributed by atoms with E-state index in [1.807, 2.05) is 36.9 Å². The van der Waals surface area contributed by atoms with E-state index in [9.17, 15) is 4.79 Å². The first-order valence-corrected chi connectivity index (χ1v) is 11.0. The molecule has 2 aromatic rings. The van der Waals surface area contributed by atoms with Crippen molar-refractivity contribution >= 4 is 23.6 Å². The van der Waals surface area contributed by atoms with Gasteiger partial charge >= 0.3 is 0 Å². The third kappa shape index (κ3) is 5.88. The van der Waals surface area contributed by atoms with Crippen molar-refractivity contribution < 1.29 is 23.7 Å². The molecule has 0 heterocycles. The Balaban J connectivity index is 1.81. The van der Waals surface area contributed by atoms with Gasteiger partial charge in [-0.15, -0.1) is 0 Å². The number of nitrogens with zero attached hydrogens (tertiary/aromatic N) is 1. The highest BCUT2D eigenvalue weighted by atomic mass is 35.5. The van der Waals surface area contributed by atoms with Crippen molar-refractivity contribution in [1.82, 2.24) is 4.90 Å². The second kappa shape index (κ2) is 10.6. The van der Waals surface area contributed by atoms with Crippen LogP contribution in [0.1, 0.15) is 37.8 Å². The number of ether oxygens (including phenoxy) is 4. The molecule has 0 aliphatic heterocycles. The molecule has 1 fully saturated rings. The molecule has 32 heavy (non-hydrogen) atoms. The maximum absolute atomic E-state index is 13.1. The Bertz CT molecular complexity index is 985. The Hall–Kier alpha value is -2.86. The smallest absolute Gasteiger partial charge is 0.247 e. The lowest BCUT2D eigenvalue weighted by Gasteiger charge is -2.22. The molecule has 1 saturated carbocycles. The molecule has 0 N–H and O–H groups in total. The van der Waals surface area contributed by atoms with Crippen molar-refractivity contribution in [2.45, 2.75) is 45.4 Å². The summed E-state index contributed by atoms with van der Waals surface area (Å²) in [4.78, 5) is 15.0. The summed E-state index contributed by atoms with van der Waals surface area (Å²) >= 11 is 6.40. The van der Waals surface area contributed by atoms with Crippen LogP contribution in [0.2, 0.25) is 5.02 Å². The predicted octanol–water partition coefficient (Wildman–Crippen LogP) is 5.36. The average molecular weight is 460 g/mol. The van der Waals surface area contributed by atoms with Gasteiger partial charge in [0.2, 0.25) is 5.91 Å². The van der Waals surface area contributed by atoms with E-state index in [0.29, 0.717) is 23.1 Å². The molecule has 0 radical (unpaired) electrons. The first-order valence-electron chi connectivity index (χ1n) is 10.6. The lowest BCUT2D eigenvalue weighted by molar-refractivity contribution is -0.127. The minimum absolute atomic E-state index is 0.0370. The van der Waals surface area contributed by atoms with E-state index in [2.05, 4.69) is 0 Å². The van der Waals surface area contributed by atoms with Crippen LogP contribution in [0.25, 0.3) is 6.08 Å². The molecule has 172 valence electrons. The molecule has 0 aromatic heterocycles. The van der Waals surface area contributed by atoms with E-state index in [0.717, 1.165) is 35.5 Å². The van der Waals surface area contributed by atoms with Crippen molar-refractivity contribution in [2.75, 3.05) is 21.3 Å². The van der Waals surface area contributed by atoms with Gasteiger partial charge in [0, 0.05) is 17.7 Å². The lowest BCUT2D eigenvalue weighted by atomic mass is 10.1. The summed E-state index contributed by atoms with van der Waals surface area (Å²) in [6.45, 7) is 4.29. The van der Waals surface area contributed by atoms with E-state index < -0.39 is 0 Å². The number of rotatable bonds is 10. The summed E-state index contributed by atoms with van der Waals surface area (Å²) in [5.41, 5.74) is 1.66. The van der Waals surface area contributed by atoms with Crippen molar-refractivity contribution in [1.29, 1.82) is 0 Å². The fourth-order valence-electron chi connectivity index (χ4n) is 3.41. The molecule has 1 aliphatic rings. The Morgan fingerprint density at radius 2 is 1.81 bits per heavy atom. The van der Waals surface area contributed by atoms with E-state index in [-0.39, 0.29) is 18.1 Å². The van der Waals surface area contributed by atoms with Gasteiger partial charge in [-0.1, -0.05) is 11.6 Å². The van der Waals surface area contributed by atoms with Gasteiger partial charge < -0.3 is 23.8 Å². The van der Waals surface area contributed by atoms with Gasteiger partial charge in [-0.05, 0) is 68.7 Å². The van der Waals surface area contributed by atoms with Gasteiger partial charge in [0.1, 0.15) is 11.5 Å². The zero-order valence-electron chi connectivity index (χ0n) is 19.2. The third-order valence-corrected chi connectivity index (χ3v) is 5.40. The van der Waals surface area contributed by atoms with Gasteiger partial charge in [0.25, 0.3) is 0 Å². The first-order chi connectivity index (χ1) is 15.4. The molecule has 3 rings (SSSR count). The summed E-state index contributed by atoms with van der Waals surface area (Å²) in [5, 5.41) is 0.435. The van der Waals surface area contributed by atoms with E-state index in [4.69, 9.17) is 30.5 Å². The Labute approximate surface area is 194 Å². The number of amides is 1. The number of benzene rings is 2. The summed E-state index contributed by atoms with van der Waals surface area (Å²) in [7, 11) is 4.81. The van der Waals surface area contributed by atoms with Crippen molar-refractivity contribution in [3.05, 3.63) is 52.6 Å². The summed E-state index contributed by atoms with van der Waals surface area (Å²) in [5.74, 6) is 2.40. The number of halogens is 1. The van der Waals surface area contributed by atoms with Crippen LogP contribution in [-0.4, -0.2) is 44.3 Å². The van der Waals surface area contributed by atoms with E-state index in [1.165, 1.54) is 0 Å². The van der Waals surface area contributed by atoms with Crippen LogP contribution in [0.4, 0.5) is 0 Å². The number of carbonyl (C=O) groups is 1. The quantitative estimate of drug-likeness (QED) is 0.448. The van der Waals surface area contributed by atoms with Crippen LogP contribution in [0, 0.1) is 0 Å². The zero-order valence-corrected chi connectivity index (χ0v) is 19.9. The fraction of sp³-hybridized carbons (Fsp3) is 0.400. The van der Waals surface area contributed by atoms with E-state index in [1.54, 1.807) is 45.6 Å². The van der Waals surface area contributed by atoms with Crippen molar-refractivity contribution in [2.24, 2.45) is 0 Å². The third-order valence-electron chi connectivity index (χ3n) is 5.12. The number of carbonyl (C=O) groups excluding carboxylic acids is 1. The zero-order chi connectivity index (χ0) is 23.3. The van der Waals surface area contributed by atoms with Crippen LogP contribution >= 0.6 is 11.6 Å². The molecule has 0 spiro atoms. The average Bonchev–Trinajstić information content (AvgIpc) is 3.62. The Morgan fingerprint density at radius 1 is 1.09 bits per heavy atom. The predicted molar refractivity (Wildman–Crippen MR) is 126 cm³/mol. The van der Waals surface area contributed by atoms with Gasteiger partial charge in [0.05, 0.1) is 39.0 Å². The van der Waals surface area contributed by atoms with Gasteiger partial charge in [-0.3, -0.25) is 4.79 Å². The topological polar surface area (TPSA) is 57.2 Å². The normalized spacial score (nSPS) is 13.3. The largest absolute Gasteiger partial charge is 0.497 e. The van der Waals surface area contributed by atoms with Gasteiger partial charge in [-0.2, -0.15) is 0 Å². The summed E-state index contributed by atoms with van der Waals surface area (Å²) in [6.07, 6.45) is 5.26. The molecule has 6 nitrogen and oxygen atoms in total. The van der Waals surface area contributed by atoms with Crippen LogP contribution in [0.3, 0.4) is 0 Å². The lowest BCUT2D eigenvalue weighted by Crippen LogP contribution is -2.31. The van der Waals surface area contributed by atoms with Gasteiger partial charge in [0.15, 0.2) is 11.5 Å². The molecule has 0 bridgehead atoms. The number of hydrogen-bond donors (Lipinski definition) is 0. The van der Waals surface area contributed by atoms with Crippen molar-refractivity contribution in [3.63, 3.8) is 0 Å². The molecule has 2 aromatic carbocycles. The molecule has 1 amide bonds. The SMILES string of the molecule is COc1ccc(OC)c(CN(C(=O)/C=C/c2cc(Cl)c(OC(C)C)c(OC)c2)C2CC2)c1. The summed E-state index contributed by atoms with van der Waals surface area (Å²) < 4.78 is 22.0. The molecular weight excluding hydrogens is 430 g/mol. The van der Waals surface area contributed by atoms with E-state index >= 15 is 0 Å². The molecule has 0 saturated heterocycles. The molecular formula is C25H30ClNO5. The Morgan fingerprint density at radius 3 is 2.41 bits per heavy atom. The highest BCUT2D eigenvalue weighted by Gasteiger charge is 2.32. The molecule has 0 atom stereocenters. The van der Waals surface area contributed by atoms with Gasteiger partial charge in [-0.25, -0.2) is 0 Å². The summed E-state index contributed by atoms with van der Waals surface area (Å²) in [6, 6.07) is 9.40. The van der Waals surface area contributed by atoms with Crippen molar-refractivity contribution in [3.8, 4) is 23.0 Å². The maximum atomic E-state index is 13.1. The minimum atomic E-state index is -0.0741. The first kappa shape index (κ1) is 23.8. The highest BCUT2D eigenvalue weighted by Crippen LogP contribution is 2.38. The molecule has 0 unspecified atom stereocenters. The molecule has 1 aliphatic carbocycles. The second-order valence-corrected chi connectivity index (χ2v) is 8.32. The number of hydrogen-bond acceptors (Lipinski definition) is 5. The standard InChI is InChI=1S/C25H30ClNO5/c1-16(2)32-25-21(26)12-17(13-23(25)31-5)6-11-24(28)27(19-7-8-19)15-18-14-20(29-3)9-10-22(18)30-4/h6,9-14,16,19H,7-8,15H2,1-5H3/b11-6+.